The molecule has 0 bridgehead atoms. The van der Waals surface area contributed by atoms with Crippen molar-refractivity contribution < 1.29 is 19.6 Å². The van der Waals surface area contributed by atoms with Crippen molar-refractivity contribution in [1.29, 1.82) is 0 Å². The average molecular weight is 287 g/mol. The van der Waals surface area contributed by atoms with Gasteiger partial charge in [0.25, 0.3) is 5.69 Å². The molecule has 0 saturated heterocycles. The molecule has 2 N–H and O–H groups in total. The third-order valence-electron chi connectivity index (χ3n) is 2.35. The summed E-state index contributed by atoms with van der Waals surface area (Å²) in [6, 6.07) is 2.73. The number of carbonyl (C=O) groups excluding carboxylic acids is 1. The van der Waals surface area contributed by atoms with E-state index in [0.717, 1.165) is 6.07 Å². The van der Waals surface area contributed by atoms with Crippen LogP contribution in [0.2, 0.25) is 5.02 Å². The van der Waals surface area contributed by atoms with E-state index in [4.69, 9.17) is 16.7 Å². The number of nitrogens with zero attached hydrogens (tertiary/aromatic N) is 1. The molecule has 0 aliphatic heterocycles. The summed E-state index contributed by atoms with van der Waals surface area (Å²) in [4.78, 5) is 32.0. The number of nitrogens with one attached hydrogen (secondary N) is 1. The Kier molecular flexibility index (Phi) is 4.82. The second kappa shape index (κ2) is 6.14. The molecule has 0 heterocycles. The number of benzene rings is 1. The smallest absolute Gasteiger partial charge is 0.325 e. The van der Waals surface area contributed by atoms with Crippen LogP contribution in [0.1, 0.15) is 12.5 Å². The van der Waals surface area contributed by atoms with Crippen LogP contribution in [0.4, 0.5) is 5.69 Å². The Labute approximate surface area is 113 Å². The Bertz CT molecular complexity index is 532. The summed E-state index contributed by atoms with van der Waals surface area (Å²) in [5.41, 5.74) is 0.218. The molecule has 0 aliphatic carbocycles. The molecule has 0 spiro atoms. The number of halogens is 1. The van der Waals surface area contributed by atoms with Crippen molar-refractivity contribution in [2.24, 2.45) is 0 Å². The lowest BCUT2D eigenvalue weighted by atomic mass is 10.1. The third-order valence-corrected chi connectivity index (χ3v) is 2.70. The number of non-ortho nitro benzene ring substituents is 1. The molecule has 0 aliphatic rings. The van der Waals surface area contributed by atoms with Crippen molar-refractivity contribution in [1.82, 2.24) is 5.32 Å². The third kappa shape index (κ3) is 4.22. The molecule has 0 radical (unpaired) electrons. The lowest BCUT2D eigenvalue weighted by Crippen LogP contribution is -2.39. The van der Waals surface area contributed by atoms with Crippen molar-refractivity contribution in [2.45, 2.75) is 19.4 Å². The van der Waals surface area contributed by atoms with E-state index >= 15 is 0 Å². The first-order valence-electron chi connectivity index (χ1n) is 5.26. The van der Waals surface area contributed by atoms with E-state index in [-0.39, 0.29) is 17.1 Å². The molecule has 1 atom stereocenters. The number of aliphatic carboxylic acids is 1. The maximum atomic E-state index is 11.5. The second-order valence-electron chi connectivity index (χ2n) is 3.84. The second-order valence-corrected chi connectivity index (χ2v) is 4.24. The monoisotopic (exact) mass is 286 g/mol. The van der Waals surface area contributed by atoms with E-state index in [1.165, 1.54) is 19.1 Å². The molecule has 102 valence electrons. The zero-order chi connectivity index (χ0) is 14.6. The standard InChI is InChI=1S/C11H11ClN2O5/c1-6(11(16)17)13-10(15)4-7-2-3-8(14(18)19)5-9(7)12/h2-3,5-6H,4H2,1H3,(H,13,15)(H,16,17)/t6-/m0/s1. The predicted molar refractivity (Wildman–Crippen MR) is 67.1 cm³/mol. The molecule has 19 heavy (non-hydrogen) atoms. The Morgan fingerprint density at radius 2 is 2.16 bits per heavy atom. The van der Waals surface area contributed by atoms with Gasteiger partial charge in [-0.25, -0.2) is 0 Å². The van der Waals surface area contributed by atoms with Gasteiger partial charge in [-0.1, -0.05) is 17.7 Å². The van der Waals surface area contributed by atoms with E-state index in [1.54, 1.807) is 0 Å². The summed E-state index contributed by atoms with van der Waals surface area (Å²) in [6.07, 6.45) is -0.144. The quantitative estimate of drug-likeness (QED) is 0.627. The largest absolute Gasteiger partial charge is 0.480 e. The average Bonchev–Trinajstić information content (AvgIpc) is 2.31. The van der Waals surface area contributed by atoms with Crippen LogP contribution in [0.3, 0.4) is 0 Å². The van der Waals surface area contributed by atoms with Gasteiger partial charge in [0.2, 0.25) is 5.91 Å². The number of carboxylic acids is 1. The predicted octanol–water partition coefficient (Wildman–Crippen LogP) is 1.38. The zero-order valence-electron chi connectivity index (χ0n) is 9.92. The highest BCUT2D eigenvalue weighted by Crippen LogP contribution is 2.22. The normalized spacial score (nSPS) is 11.7. The molecule has 1 rings (SSSR count). The highest BCUT2D eigenvalue weighted by atomic mass is 35.5. The van der Waals surface area contributed by atoms with Crippen LogP contribution in [0.25, 0.3) is 0 Å². The molecular formula is C11H11ClN2O5. The Morgan fingerprint density at radius 1 is 1.53 bits per heavy atom. The van der Waals surface area contributed by atoms with Crippen LogP contribution in [0, 0.1) is 10.1 Å². The first kappa shape index (κ1) is 14.9. The number of nitro benzene ring substituents is 1. The molecule has 0 saturated carbocycles. The van der Waals surface area contributed by atoms with Crippen LogP contribution in [-0.2, 0) is 16.0 Å². The van der Waals surface area contributed by atoms with E-state index in [2.05, 4.69) is 5.32 Å². The SMILES string of the molecule is C[C@H](NC(=O)Cc1ccc([N+](=O)[O-])cc1Cl)C(=O)O. The van der Waals surface area contributed by atoms with Gasteiger partial charge in [-0.2, -0.15) is 0 Å². The summed E-state index contributed by atoms with van der Waals surface area (Å²) in [7, 11) is 0. The number of rotatable bonds is 5. The Morgan fingerprint density at radius 3 is 2.63 bits per heavy atom. The lowest BCUT2D eigenvalue weighted by Gasteiger charge is -2.09. The number of hydrogen-bond donors (Lipinski definition) is 2. The van der Waals surface area contributed by atoms with Crippen LogP contribution < -0.4 is 5.32 Å². The van der Waals surface area contributed by atoms with Gasteiger partial charge in [0.15, 0.2) is 0 Å². The minimum absolute atomic E-state index is 0.0901. The van der Waals surface area contributed by atoms with Gasteiger partial charge in [-0.05, 0) is 12.5 Å². The van der Waals surface area contributed by atoms with Crippen LogP contribution in [-0.4, -0.2) is 27.9 Å². The maximum Gasteiger partial charge on any atom is 0.325 e. The van der Waals surface area contributed by atoms with E-state index in [0.29, 0.717) is 5.56 Å². The van der Waals surface area contributed by atoms with Crippen LogP contribution in [0.15, 0.2) is 18.2 Å². The number of carbonyl (C=O) groups is 2. The number of hydrogen-bond acceptors (Lipinski definition) is 4. The van der Waals surface area contributed by atoms with E-state index in [9.17, 15) is 19.7 Å². The van der Waals surface area contributed by atoms with Gasteiger partial charge in [0, 0.05) is 12.1 Å². The van der Waals surface area contributed by atoms with Crippen LogP contribution >= 0.6 is 11.6 Å². The molecule has 0 fully saturated rings. The topological polar surface area (TPSA) is 110 Å². The Balaban J connectivity index is 2.75. The summed E-state index contributed by atoms with van der Waals surface area (Å²) < 4.78 is 0. The minimum atomic E-state index is -1.15. The van der Waals surface area contributed by atoms with Gasteiger partial charge < -0.3 is 10.4 Å². The summed E-state index contributed by atoms with van der Waals surface area (Å²) in [5, 5.41) is 21.5. The molecule has 1 aromatic carbocycles. The maximum absolute atomic E-state index is 11.5. The molecule has 8 heteroatoms. The highest BCUT2D eigenvalue weighted by Gasteiger charge is 2.16. The van der Waals surface area contributed by atoms with Crippen molar-refractivity contribution in [3.8, 4) is 0 Å². The first-order chi connectivity index (χ1) is 8.81. The fourth-order valence-electron chi connectivity index (χ4n) is 1.32. The number of amides is 1. The van der Waals surface area contributed by atoms with Gasteiger partial charge in [0.1, 0.15) is 6.04 Å². The summed E-state index contributed by atoms with van der Waals surface area (Å²) in [6.45, 7) is 1.33. The molecule has 1 aromatic rings. The molecule has 0 unspecified atom stereocenters. The van der Waals surface area contributed by atoms with Gasteiger partial charge >= 0.3 is 5.97 Å². The molecule has 7 nitrogen and oxygen atoms in total. The fraction of sp³-hybridized carbons (Fsp3) is 0.273. The number of carboxylic acid groups (broad SMARTS) is 1. The lowest BCUT2D eigenvalue weighted by molar-refractivity contribution is -0.384. The fourth-order valence-corrected chi connectivity index (χ4v) is 1.56. The summed E-state index contributed by atoms with van der Waals surface area (Å²) in [5.74, 6) is -1.67. The van der Waals surface area contributed by atoms with Crippen molar-refractivity contribution in [3.05, 3.63) is 38.9 Å². The zero-order valence-corrected chi connectivity index (χ0v) is 10.7. The molecular weight excluding hydrogens is 276 g/mol. The molecule has 0 aromatic heterocycles. The van der Waals surface area contributed by atoms with Crippen molar-refractivity contribution in [3.63, 3.8) is 0 Å². The first-order valence-corrected chi connectivity index (χ1v) is 5.64. The van der Waals surface area contributed by atoms with Gasteiger partial charge in [0.05, 0.1) is 16.4 Å². The van der Waals surface area contributed by atoms with Crippen molar-refractivity contribution in [2.75, 3.05) is 0 Å². The van der Waals surface area contributed by atoms with Crippen LogP contribution in [0.5, 0.6) is 0 Å². The van der Waals surface area contributed by atoms with Crippen molar-refractivity contribution >= 4 is 29.2 Å². The summed E-state index contributed by atoms with van der Waals surface area (Å²) >= 11 is 5.82. The number of nitro groups is 1. The van der Waals surface area contributed by atoms with E-state index < -0.39 is 22.8 Å². The van der Waals surface area contributed by atoms with Gasteiger partial charge in [-0.15, -0.1) is 0 Å². The molecule has 1 amide bonds. The van der Waals surface area contributed by atoms with Gasteiger partial charge in [-0.3, -0.25) is 19.7 Å². The van der Waals surface area contributed by atoms with E-state index in [1.807, 2.05) is 0 Å². The minimum Gasteiger partial charge on any atom is -0.480 e. The Hall–Kier alpha value is -2.15. The highest BCUT2D eigenvalue weighted by molar-refractivity contribution is 6.31.